The van der Waals surface area contributed by atoms with E-state index in [0.717, 1.165) is 6.42 Å². The lowest BCUT2D eigenvalue weighted by Gasteiger charge is -2.43. The second-order valence-electron chi connectivity index (χ2n) is 6.15. The minimum absolute atomic E-state index is 0.138. The number of benzene rings is 1. The van der Waals surface area contributed by atoms with Gasteiger partial charge in [-0.2, -0.15) is 0 Å². The monoisotopic (exact) mass is 254 g/mol. The molecule has 0 fully saturated rings. The summed E-state index contributed by atoms with van der Waals surface area (Å²) in [7, 11) is 0. The van der Waals surface area contributed by atoms with Crippen LogP contribution in [0, 0.1) is 11.3 Å². The molecule has 0 aromatic heterocycles. The number of carbonyl (C=O) groups is 2. The Morgan fingerprint density at radius 3 is 2.37 bits per heavy atom. The van der Waals surface area contributed by atoms with Crippen molar-refractivity contribution in [2.75, 3.05) is 0 Å². The number of fused-ring (bicyclic) bond motifs is 2. The zero-order valence-electron chi connectivity index (χ0n) is 11.6. The average molecular weight is 254 g/mol. The van der Waals surface area contributed by atoms with Crippen molar-refractivity contribution in [2.45, 2.75) is 33.6 Å². The normalized spacial score (nSPS) is 30.2. The van der Waals surface area contributed by atoms with Gasteiger partial charge >= 0.3 is 0 Å². The van der Waals surface area contributed by atoms with Crippen molar-refractivity contribution in [3.05, 3.63) is 46.5 Å². The molecule has 1 aromatic rings. The minimum atomic E-state index is -0.547. The Hall–Kier alpha value is -1.70. The molecule has 0 unspecified atom stereocenters. The molecule has 1 aromatic carbocycles. The lowest BCUT2D eigenvalue weighted by atomic mass is 9.57. The maximum absolute atomic E-state index is 12.8. The van der Waals surface area contributed by atoms with Crippen LogP contribution in [0.15, 0.2) is 35.4 Å². The molecule has 0 bridgehead atoms. The Morgan fingerprint density at radius 1 is 1.05 bits per heavy atom. The number of Topliss-reactive ketones (excluding diaryl/α,β-unsaturated/α-hetero) is 2. The Labute approximate surface area is 113 Å². The maximum Gasteiger partial charge on any atom is 0.170 e. The fraction of sp³-hybridized carbons (Fsp3) is 0.412. The van der Waals surface area contributed by atoms with Gasteiger partial charge in [0.05, 0.1) is 0 Å². The summed E-state index contributed by atoms with van der Waals surface area (Å²) in [6, 6.07) is 7.25. The first-order chi connectivity index (χ1) is 8.95. The molecule has 0 N–H and O–H groups in total. The molecule has 19 heavy (non-hydrogen) atoms. The second-order valence-corrected chi connectivity index (χ2v) is 6.15. The molecular weight excluding hydrogens is 236 g/mol. The van der Waals surface area contributed by atoms with E-state index in [0.29, 0.717) is 17.5 Å². The van der Waals surface area contributed by atoms with Crippen LogP contribution in [0.3, 0.4) is 0 Å². The van der Waals surface area contributed by atoms with Gasteiger partial charge in [0, 0.05) is 22.5 Å². The van der Waals surface area contributed by atoms with Crippen molar-refractivity contribution in [1.82, 2.24) is 0 Å². The van der Waals surface area contributed by atoms with Gasteiger partial charge in [0.15, 0.2) is 11.6 Å². The predicted molar refractivity (Wildman–Crippen MR) is 74.3 cm³/mol. The molecule has 2 aliphatic rings. The first-order valence-electron chi connectivity index (χ1n) is 6.78. The third kappa shape index (κ3) is 1.55. The molecule has 2 atom stereocenters. The second kappa shape index (κ2) is 3.89. The zero-order valence-corrected chi connectivity index (χ0v) is 11.6. The summed E-state index contributed by atoms with van der Waals surface area (Å²) < 4.78 is 0. The summed E-state index contributed by atoms with van der Waals surface area (Å²) in [5.41, 5.74) is 3.21. The lowest BCUT2D eigenvalue weighted by molar-refractivity contribution is 0.0557. The van der Waals surface area contributed by atoms with Gasteiger partial charge in [-0.1, -0.05) is 42.3 Å². The quantitative estimate of drug-likeness (QED) is 0.659. The molecule has 2 aliphatic carbocycles. The van der Waals surface area contributed by atoms with E-state index in [1.807, 2.05) is 19.1 Å². The van der Waals surface area contributed by atoms with Gasteiger partial charge in [0.1, 0.15) is 0 Å². The van der Waals surface area contributed by atoms with Crippen LogP contribution < -0.4 is 0 Å². The highest BCUT2D eigenvalue weighted by molar-refractivity contribution is 6.17. The van der Waals surface area contributed by atoms with Crippen molar-refractivity contribution in [2.24, 2.45) is 11.3 Å². The van der Waals surface area contributed by atoms with Crippen molar-refractivity contribution >= 4 is 11.6 Å². The van der Waals surface area contributed by atoms with E-state index >= 15 is 0 Å². The van der Waals surface area contributed by atoms with E-state index in [9.17, 15) is 9.59 Å². The van der Waals surface area contributed by atoms with Gasteiger partial charge in [-0.3, -0.25) is 9.59 Å². The van der Waals surface area contributed by atoms with Crippen LogP contribution in [-0.4, -0.2) is 11.6 Å². The largest absolute Gasteiger partial charge is 0.294 e. The van der Waals surface area contributed by atoms with Crippen LogP contribution >= 0.6 is 0 Å². The fourth-order valence-corrected chi connectivity index (χ4v) is 3.54. The Balaban J connectivity index is 2.20. The van der Waals surface area contributed by atoms with E-state index in [1.54, 1.807) is 12.1 Å². The van der Waals surface area contributed by atoms with E-state index in [-0.39, 0.29) is 17.5 Å². The SMILES string of the molecule is CC1=C(C)C[C@]2(C)C(=O)c3ccccc3C(=O)[C@H]2C1. The van der Waals surface area contributed by atoms with Crippen molar-refractivity contribution in [3.8, 4) is 0 Å². The third-order valence-corrected chi connectivity index (χ3v) is 4.91. The highest BCUT2D eigenvalue weighted by Crippen LogP contribution is 2.50. The molecule has 2 heteroatoms. The smallest absolute Gasteiger partial charge is 0.170 e. The Kier molecular flexibility index (Phi) is 2.53. The van der Waals surface area contributed by atoms with Crippen molar-refractivity contribution in [1.29, 1.82) is 0 Å². The summed E-state index contributed by atoms with van der Waals surface area (Å²) in [5, 5.41) is 0. The predicted octanol–water partition coefficient (Wildman–Crippen LogP) is 3.82. The molecule has 2 nitrogen and oxygen atoms in total. The van der Waals surface area contributed by atoms with E-state index in [4.69, 9.17) is 0 Å². The maximum atomic E-state index is 12.8. The molecule has 0 amide bonds. The topological polar surface area (TPSA) is 34.1 Å². The van der Waals surface area contributed by atoms with Crippen LogP contribution in [0.4, 0.5) is 0 Å². The number of allylic oxidation sites excluding steroid dienone is 2. The molecule has 0 spiro atoms. The van der Waals surface area contributed by atoms with E-state index in [2.05, 4.69) is 13.8 Å². The Morgan fingerprint density at radius 2 is 1.68 bits per heavy atom. The molecule has 0 aliphatic heterocycles. The fourth-order valence-electron chi connectivity index (χ4n) is 3.54. The van der Waals surface area contributed by atoms with Crippen LogP contribution in [-0.2, 0) is 0 Å². The van der Waals surface area contributed by atoms with Gasteiger partial charge in [-0.15, -0.1) is 0 Å². The van der Waals surface area contributed by atoms with Crippen LogP contribution in [0.2, 0.25) is 0 Å². The summed E-state index contributed by atoms with van der Waals surface area (Å²) in [5.74, 6) is 0.0997. The van der Waals surface area contributed by atoms with E-state index < -0.39 is 5.41 Å². The summed E-state index contributed by atoms with van der Waals surface area (Å²) in [6.45, 7) is 6.12. The standard InChI is InChI=1S/C17H18O2/c1-10-8-14-15(18)12-6-4-5-7-13(12)16(19)17(14,3)9-11(10)2/h4-7,14H,8-9H2,1-3H3/t14-,17+/m1/s1. The highest BCUT2D eigenvalue weighted by atomic mass is 16.1. The molecule has 0 heterocycles. The van der Waals surface area contributed by atoms with Crippen LogP contribution in [0.1, 0.15) is 54.3 Å². The zero-order chi connectivity index (χ0) is 13.8. The van der Waals surface area contributed by atoms with Crippen molar-refractivity contribution in [3.63, 3.8) is 0 Å². The van der Waals surface area contributed by atoms with E-state index in [1.165, 1.54) is 11.1 Å². The summed E-state index contributed by atoms with van der Waals surface area (Å²) in [4.78, 5) is 25.5. The minimum Gasteiger partial charge on any atom is -0.294 e. The number of carbonyl (C=O) groups excluding carboxylic acids is 2. The molecule has 0 radical (unpaired) electrons. The molecule has 0 saturated carbocycles. The van der Waals surface area contributed by atoms with Crippen LogP contribution in [0.5, 0.6) is 0 Å². The summed E-state index contributed by atoms with van der Waals surface area (Å²) >= 11 is 0. The van der Waals surface area contributed by atoms with Crippen molar-refractivity contribution < 1.29 is 9.59 Å². The first-order valence-corrected chi connectivity index (χ1v) is 6.78. The third-order valence-electron chi connectivity index (χ3n) is 4.91. The number of ketones is 2. The number of hydrogen-bond acceptors (Lipinski definition) is 2. The number of rotatable bonds is 0. The van der Waals surface area contributed by atoms with Gasteiger partial charge in [-0.05, 0) is 26.7 Å². The summed E-state index contributed by atoms with van der Waals surface area (Å²) in [6.07, 6.45) is 1.43. The number of hydrogen-bond donors (Lipinski definition) is 0. The van der Waals surface area contributed by atoms with Crippen LogP contribution in [0.25, 0.3) is 0 Å². The van der Waals surface area contributed by atoms with Gasteiger partial charge in [-0.25, -0.2) is 0 Å². The van der Waals surface area contributed by atoms with Gasteiger partial charge in [0.2, 0.25) is 0 Å². The Bertz CT molecular complexity index is 624. The molecule has 0 saturated heterocycles. The molecule has 3 rings (SSSR count). The van der Waals surface area contributed by atoms with Gasteiger partial charge < -0.3 is 0 Å². The van der Waals surface area contributed by atoms with Gasteiger partial charge in [0.25, 0.3) is 0 Å². The first kappa shape index (κ1) is 12.3. The molecule has 98 valence electrons. The average Bonchev–Trinajstić information content (AvgIpc) is 2.40. The molecular formula is C17H18O2. The highest BCUT2D eigenvalue weighted by Gasteiger charge is 2.51. The lowest BCUT2D eigenvalue weighted by Crippen LogP contribution is -2.47.